The van der Waals surface area contributed by atoms with Crippen molar-refractivity contribution in [1.29, 1.82) is 0 Å². The zero-order valence-corrected chi connectivity index (χ0v) is 11.2. The van der Waals surface area contributed by atoms with E-state index in [1.807, 2.05) is 6.92 Å². The van der Waals surface area contributed by atoms with E-state index in [0.29, 0.717) is 5.56 Å². The van der Waals surface area contributed by atoms with E-state index in [9.17, 15) is 15.0 Å². The Morgan fingerprint density at radius 2 is 2.11 bits per heavy atom. The van der Waals surface area contributed by atoms with Crippen molar-refractivity contribution in [2.24, 2.45) is 5.92 Å². The molecule has 4 heteroatoms. The predicted octanol–water partition coefficient (Wildman–Crippen LogP) is 1.98. The van der Waals surface area contributed by atoms with E-state index in [-0.39, 0.29) is 30.2 Å². The topological polar surface area (TPSA) is 69.6 Å². The number of hydrogen-bond acceptors (Lipinski definition) is 3. The molecule has 4 nitrogen and oxygen atoms in total. The number of rotatable bonds is 3. The fourth-order valence-electron chi connectivity index (χ4n) is 2.70. The lowest BCUT2D eigenvalue weighted by Crippen LogP contribution is -2.43. The molecule has 19 heavy (non-hydrogen) atoms. The maximum absolute atomic E-state index is 12.2. The third-order valence-electron chi connectivity index (χ3n) is 3.86. The summed E-state index contributed by atoms with van der Waals surface area (Å²) >= 11 is 0. The van der Waals surface area contributed by atoms with Gasteiger partial charge in [0.1, 0.15) is 5.75 Å². The average molecular weight is 263 g/mol. The van der Waals surface area contributed by atoms with Crippen LogP contribution in [0.15, 0.2) is 18.2 Å². The maximum atomic E-state index is 12.2. The van der Waals surface area contributed by atoms with Crippen LogP contribution in [0.25, 0.3) is 0 Å². The van der Waals surface area contributed by atoms with Crippen LogP contribution in [0.3, 0.4) is 0 Å². The number of phenols is 1. The van der Waals surface area contributed by atoms with Crippen LogP contribution in [0.5, 0.6) is 5.75 Å². The third kappa shape index (κ3) is 3.26. The molecule has 1 aliphatic carbocycles. The van der Waals surface area contributed by atoms with Crippen LogP contribution in [0.1, 0.15) is 41.6 Å². The van der Waals surface area contributed by atoms with Crippen LogP contribution in [0, 0.1) is 12.8 Å². The molecule has 0 saturated heterocycles. The van der Waals surface area contributed by atoms with Crippen molar-refractivity contribution in [3.05, 3.63) is 29.3 Å². The molecular formula is C15H21NO3. The van der Waals surface area contributed by atoms with Gasteiger partial charge in [0, 0.05) is 18.6 Å². The van der Waals surface area contributed by atoms with Crippen molar-refractivity contribution in [2.45, 2.75) is 38.6 Å². The summed E-state index contributed by atoms with van der Waals surface area (Å²) in [5.41, 5.74) is 1.22. The molecule has 0 heterocycles. The maximum Gasteiger partial charge on any atom is 0.255 e. The van der Waals surface area contributed by atoms with Crippen LogP contribution < -0.4 is 5.32 Å². The number of hydrogen-bond donors (Lipinski definition) is 3. The summed E-state index contributed by atoms with van der Waals surface area (Å²) in [6.45, 7) is 1.97. The van der Waals surface area contributed by atoms with Gasteiger partial charge in [-0.05, 0) is 37.5 Å². The number of aromatic hydroxyl groups is 1. The Hall–Kier alpha value is -1.55. The molecule has 1 amide bonds. The first-order valence-electron chi connectivity index (χ1n) is 6.83. The van der Waals surface area contributed by atoms with Gasteiger partial charge in [-0.1, -0.05) is 18.9 Å². The third-order valence-corrected chi connectivity index (χ3v) is 3.86. The number of aliphatic hydroxyl groups is 1. The summed E-state index contributed by atoms with van der Waals surface area (Å²) in [5.74, 6) is -0.123. The lowest BCUT2D eigenvalue weighted by atomic mass is 9.85. The molecule has 2 rings (SSSR count). The summed E-state index contributed by atoms with van der Waals surface area (Å²) in [6.07, 6.45) is 4.01. The van der Waals surface area contributed by atoms with Crippen LogP contribution in [-0.4, -0.2) is 28.8 Å². The molecule has 0 aromatic heterocycles. The predicted molar refractivity (Wildman–Crippen MR) is 73.1 cm³/mol. The van der Waals surface area contributed by atoms with Crippen LogP contribution in [0.4, 0.5) is 0 Å². The summed E-state index contributed by atoms with van der Waals surface area (Å²) in [7, 11) is 0. The van der Waals surface area contributed by atoms with Gasteiger partial charge in [-0.25, -0.2) is 0 Å². The molecule has 0 aliphatic heterocycles. The van der Waals surface area contributed by atoms with E-state index in [1.54, 1.807) is 18.2 Å². The average Bonchev–Trinajstić information content (AvgIpc) is 2.39. The first-order valence-corrected chi connectivity index (χ1v) is 6.83. The minimum absolute atomic E-state index is 0.00644. The molecule has 0 spiro atoms. The summed E-state index contributed by atoms with van der Waals surface area (Å²) in [4.78, 5) is 12.2. The van der Waals surface area contributed by atoms with Crippen molar-refractivity contribution >= 4 is 5.91 Å². The lowest BCUT2D eigenvalue weighted by molar-refractivity contribution is 0.0870. The zero-order valence-electron chi connectivity index (χ0n) is 11.2. The van der Waals surface area contributed by atoms with Gasteiger partial charge < -0.3 is 15.5 Å². The molecule has 3 N–H and O–H groups in total. The highest BCUT2D eigenvalue weighted by molar-refractivity contribution is 5.97. The minimum atomic E-state index is -0.261. The molecule has 1 aliphatic rings. The number of benzene rings is 1. The number of phenolic OH excluding ortho intramolecular Hbond substituents is 1. The first kappa shape index (κ1) is 13.9. The first-order chi connectivity index (χ1) is 9.11. The molecule has 1 aromatic rings. The molecule has 2 unspecified atom stereocenters. The van der Waals surface area contributed by atoms with Crippen LogP contribution in [0.2, 0.25) is 0 Å². The van der Waals surface area contributed by atoms with E-state index < -0.39 is 0 Å². The normalized spacial score (nSPS) is 23.1. The van der Waals surface area contributed by atoms with E-state index in [2.05, 4.69) is 5.32 Å². The Balaban J connectivity index is 2.07. The van der Waals surface area contributed by atoms with Gasteiger partial charge in [0.05, 0.1) is 5.56 Å². The summed E-state index contributed by atoms with van der Waals surface area (Å²) in [5, 5.41) is 22.1. The zero-order chi connectivity index (χ0) is 13.8. The van der Waals surface area contributed by atoms with Gasteiger partial charge in [-0.3, -0.25) is 4.79 Å². The van der Waals surface area contributed by atoms with Gasteiger partial charge in [-0.2, -0.15) is 0 Å². The molecule has 0 radical (unpaired) electrons. The minimum Gasteiger partial charge on any atom is -0.507 e. The second-order valence-corrected chi connectivity index (χ2v) is 5.33. The fourth-order valence-corrected chi connectivity index (χ4v) is 2.70. The highest BCUT2D eigenvalue weighted by Gasteiger charge is 2.26. The van der Waals surface area contributed by atoms with Crippen LogP contribution in [-0.2, 0) is 0 Å². The van der Waals surface area contributed by atoms with Gasteiger partial charge in [0.2, 0.25) is 0 Å². The number of carbonyl (C=O) groups excluding carboxylic acids is 1. The molecule has 104 valence electrons. The van der Waals surface area contributed by atoms with Gasteiger partial charge >= 0.3 is 0 Å². The number of carbonyl (C=O) groups is 1. The molecule has 2 atom stereocenters. The fraction of sp³-hybridized carbons (Fsp3) is 0.533. The quantitative estimate of drug-likeness (QED) is 0.781. The number of aliphatic hydroxyl groups excluding tert-OH is 1. The van der Waals surface area contributed by atoms with E-state index in [1.165, 1.54) is 0 Å². The standard InChI is InChI=1S/C15H21NO3/c1-10-6-7-12(14(18)8-10)15(19)16-13-5-3-2-4-11(13)9-17/h6-8,11,13,17-18H,2-5,9H2,1H3,(H,16,19). The summed E-state index contributed by atoms with van der Waals surface area (Å²) < 4.78 is 0. The highest BCUT2D eigenvalue weighted by Crippen LogP contribution is 2.25. The number of aryl methyl sites for hydroxylation is 1. The lowest BCUT2D eigenvalue weighted by Gasteiger charge is -2.30. The molecule has 1 aromatic carbocycles. The second-order valence-electron chi connectivity index (χ2n) is 5.33. The van der Waals surface area contributed by atoms with E-state index in [0.717, 1.165) is 31.2 Å². The monoisotopic (exact) mass is 263 g/mol. The van der Waals surface area contributed by atoms with Crippen molar-refractivity contribution in [1.82, 2.24) is 5.32 Å². The molecular weight excluding hydrogens is 242 g/mol. The number of amides is 1. The van der Waals surface area contributed by atoms with E-state index >= 15 is 0 Å². The SMILES string of the molecule is Cc1ccc(C(=O)NC2CCCCC2CO)c(O)c1. The smallest absolute Gasteiger partial charge is 0.255 e. The van der Waals surface area contributed by atoms with Crippen molar-refractivity contribution in [3.63, 3.8) is 0 Å². The Morgan fingerprint density at radius 1 is 1.37 bits per heavy atom. The number of nitrogens with one attached hydrogen (secondary N) is 1. The Morgan fingerprint density at radius 3 is 2.79 bits per heavy atom. The molecule has 0 bridgehead atoms. The van der Waals surface area contributed by atoms with Crippen LogP contribution >= 0.6 is 0 Å². The van der Waals surface area contributed by atoms with Crippen molar-refractivity contribution in [2.75, 3.05) is 6.61 Å². The Bertz CT molecular complexity index is 459. The van der Waals surface area contributed by atoms with Crippen molar-refractivity contribution < 1.29 is 15.0 Å². The molecule has 1 fully saturated rings. The summed E-state index contributed by atoms with van der Waals surface area (Å²) in [6, 6.07) is 5.03. The Labute approximate surface area is 113 Å². The largest absolute Gasteiger partial charge is 0.507 e. The van der Waals surface area contributed by atoms with Gasteiger partial charge in [0.15, 0.2) is 0 Å². The van der Waals surface area contributed by atoms with Gasteiger partial charge in [-0.15, -0.1) is 0 Å². The van der Waals surface area contributed by atoms with Gasteiger partial charge in [0.25, 0.3) is 5.91 Å². The Kier molecular flexibility index (Phi) is 4.43. The second kappa shape index (κ2) is 6.06. The van der Waals surface area contributed by atoms with Crippen molar-refractivity contribution in [3.8, 4) is 5.75 Å². The molecule has 1 saturated carbocycles. The highest BCUT2D eigenvalue weighted by atomic mass is 16.3. The van der Waals surface area contributed by atoms with E-state index in [4.69, 9.17) is 0 Å².